The largest absolute Gasteiger partial charge is 0.416 e. The summed E-state index contributed by atoms with van der Waals surface area (Å²) in [6, 6.07) is 4.50. The van der Waals surface area contributed by atoms with Crippen LogP contribution in [0.5, 0.6) is 0 Å². The van der Waals surface area contributed by atoms with Crippen molar-refractivity contribution in [1.82, 2.24) is 0 Å². The van der Waals surface area contributed by atoms with Crippen LogP contribution < -0.4 is 5.73 Å². The summed E-state index contributed by atoms with van der Waals surface area (Å²) in [6.07, 6.45) is -3.86. The van der Waals surface area contributed by atoms with Crippen molar-refractivity contribution < 1.29 is 18.0 Å². The number of benzene rings is 1. The third-order valence-corrected chi connectivity index (χ3v) is 2.89. The van der Waals surface area contributed by atoms with Gasteiger partial charge in [-0.05, 0) is 24.5 Å². The van der Waals surface area contributed by atoms with Crippen molar-refractivity contribution in [1.29, 1.82) is 0 Å². The maximum atomic E-state index is 12.6. The molecule has 0 fully saturated rings. The average molecular weight is 273 g/mol. The third kappa shape index (κ3) is 4.35. The van der Waals surface area contributed by atoms with E-state index in [-0.39, 0.29) is 23.8 Å². The number of nitrogens with two attached hydrogens (primary N) is 1. The molecule has 2 nitrogen and oxygen atoms in total. The van der Waals surface area contributed by atoms with E-state index in [4.69, 9.17) is 5.73 Å². The molecule has 0 aliphatic rings. The summed E-state index contributed by atoms with van der Waals surface area (Å²) >= 11 is 0. The molecular formula is C14H18F3NO. The van der Waals surface area contributed by atoms with E-state index < -0.39 is 17.7 Å². The molecule has 0 bridgehead atoms. The molecule has 19 heavy (non-hydrogen) atoms. The Morgan fingerprint density at radius 2 is 1.95 bits per heavy atom. The summed E-state index contributed by atoms with van der Waals surface area (Å²) in [5.74, 6) is -0.478. The molecule has 0 aliphatic heterocycles. The number of hydrogen-bond acceptors (Lipinski definition) is 2. The number of alkyl halides is 3. The zero-order chi connectivity index (χ0) is 14.6. The standard InChI is InChI=1S/C14H18F3NO/c1-9(2)6-11(8-18)13(19)10-4-3-5-12(7-10)14(15,16)17/h3-5,7,9,11H,6,8,18H2,1-2H3. The van der Waals surface area contributed by atoms with Crippen LogP contribution in [0.1, 0.15) is 36.2 Å². The molecule has 1 aromatic carbocycles. The molecule has 1 rings (SSSR count). The Hall–Kier alpha value is -1.36. The Kier molecular flexibility index (Phi) is 5.11. The van der Waals surface area contributed by atoms with Gasteiger partial charge >= 0.3 is 6.18 Å². The highest BCUT2D eigenvalue weighted by Gasteiger charge is 2.31. The van der Waals surface area contributed by atoms with Gasteiger partial charge in [0, 0.05) is 18.0 Å². The predicted octanol–water partition coefficient (Wildman–Crippen LogP) is 3.51. The zero-order valence-electron chi connectivity index (χ0n) is 11.0. The lowest BCUT2D eigenvalue weighted by molar-refractivity contribution is -0.137. The van der Waals surface area contributed by atoms with Crippen LogP contribution in [-0.4, -0.2) is 12.3 Å². The number of ketones is 1. The number of carbonyl (C=O) groups is 1. The van der Waals surface area contributed by atoms with Crippen LogP contribution in [0.15, 0.2) is 24.3 Å². The maximum absolute atomic E-state index is 12.6. The minimum absolute atomic E-state index is 0.0749. The summed E-state index contributed by atoms with van der Waals surface area (Å²) in [4.78, 5) is 12.1. The van der Waals surface area contributed by atoms with Crippen LogP contribution >= 0.6 is 0 Å². The van der Waals surface area contributed by atoms with Gasteiger partial charge in [0.15, 0.2) is 5.78 Å². The van der Waals surface area contributed by atoms with Gasteiger partial charge in [0.05, 0.1) is 5.56 Å². The Bertz CT molecular complexity index is 441. The third-order valence-electron chi connectivity index (χ3n) is 2.89. The number of halogens is 3. The predicted molar refractivity (Wildman–Crippen MR) is 67.8 cm³/mol. The fourth-order valence-corrected chi connectivity index (χ4v) is 1.96. The van der Waals surface area contributed by atoms with Crippen molar-refractivity contribution in [2.75, 3.05) is 6.54 Å². The zero-order valence-corrected chi connectivity index (χ0v) is 11.0. The molecular weight excluding hydrogens is 255 g/mol. The molecule has 0 aromatic heterocycles. The molecule has 0 radical (unpaired) electrons. The van der Waals surface area contributed by atoms with E-state index in [9.17, 15) is 18.0 Å². The van der Waals surface area contributed by atoms with Crippen LogP contribution in [0.25, 0.3) is 0 Å². The Balaban J connectivity index is 2.99. The minimum Gasteiger partial charge on any atom is -0.330 e. The summed E-state index contributed by atoms with van der Waals surface area (Å²) in [7, 11) is 0. The van der Waals surface area contributed by atoms with Crippen molar-refractivity contribution in [3.05, 3.63) is 35.4 Å². The molecule has 0 saturated carbocycles. The topological polar surface area (TPSA) is 43.1 Å². The molecule has 106 valence electrons. The minimum atomic E-state index is -4.44. The molecule has 0 heterocycles. The molecule has 0 spiro atoms. The van der Waals surface area contributed by atoms with Gasteiger partial charge in [-0.2, -0.15) is 13.2 Å². The number of Topliss-reactive ketones (excluding diaryl/α,β-unsaturated/α-hetero) is 1. The van der Waals surface area contributed by atoms with E-state index >= 15 is 0 Å². The van der Waals surface area contributed by atoms with Gasteiger partial charge in [0.1, 0.15) is 0 Å². The van der Waals surface area contributed by atoms with E-state index in [1.165, 1.54) is 12.1 Å². The van der Waals surface area contributed by atoms with Gasteiger partial charge in [0.2, 0.25) is 0 Å². The van der Waals surface area contributed by atoms with Gasteiger partial charge in [-0.1, -0.05) is 26.0 Å². The fourth-order valence-electron chi connectivity index (χ4n) is 1.96. The Labute approximate surface area is 110 Å². The normalized spacial score (nSPS) is 13.6. The fraction of sp³-hybridized carbons (Fsp3) is 0.500. The van der Waals surface area contributed by atoms with Gasteiger partial charge < -0.3 is 5.73 Å². The summed E-state index contributed by atoms with van der Waals surface area (Å²) in [6.45, 7) is 4.04. The van der Waals surface area contributed by atoms with E-state index in [1.54, 1.807) is 0 Å². The first-order valence-electron chi connectivity index (χ1n) is 6.17. The van der Waals surface area contributed by atoms with E-state index in [0.717, 1.165) is 12.1 Å². The van der Waals surface area contributed by atoms with Crippen LogP contribution in [-0.2, 0) is 6.18 Å². The number of carbonyl (C=O) groups excluding carboxylic acids is 1. The van der Waals surface area contributed by atoms with Crippen LogP contribution in [0.3, 0.4) is 0 Å². The smallest absolute Gasteiger partial charge is 0.330 e. The van der Waals surface area contributed by atoms with Gasteiger partial charge in [0.25, 0.3) is 0 Å². The Morgan fingerprint density at radius 3 is 2.42 bits per heavy atom. The van der Waals surface area contributed by atoms with Crippen molar-refractivity contribution in [3.8, 4) is 0 Å². The molecule has 2 N–H and O–H groups in total. The summed E-state index contributed by atoms with van der Waals surface area (Å²) < 4.78 is 37.8. The molecule has 0 amide bonds. The highest BCUT2D eigenvalue weighted by atomic mass is 19.4. The first kappa shape index (κ1) is 15.7. The van der Waals surface area contributed by atoms with Crippen LogP contribution in [0.2, 0.25) is 0 Å². The van der Waals surface area contributed by atoms with Crippen molar-refractivity contribution in [3.63, 3.8) is 0 Å². The lowest BCUT2D eigenvalue weighted by Gasteiger charge is -2.16. The molecule has 1 atom stereocenters. The van der Waals surface area contributed by atoms with E-state index in [0.29, 0.717) is 6.42 Å². The first-order valence-corrected chi connectivity index (χ1v) is 6.17. The van der Waals surface area contributed by atoms with Crippen LogP contribution in [0.4, 0.5) is 13.2 Å². The SMILES string of the molecule is CC(C)CC(CN)C(=O)c1cccc(C(F)(F)F)c1. The molecule has 1 unspecified atom stereocenters. The van der Waals surface area contributed by atoms with Crippen molar-refractivity contribution >= 4 is 5.78 Å². The molecule has 5 heteroatoms. The molecule has 1 aromatic rings. The second-order valence-corrected chi connectivity index (χ2v) is 5.00. The van der Waals surface area contributed by atoms with Crippen LogP contribution in [0, 0.1) is 11.8 Å². The van der Waals surface area contributed by atoms with Gasteiger partial charge in [-0.3, -0.25) is 4.79 Å². The van der Waals surface area contributed by atoms with Crippen molar-refractivity contribution in [2.45, 2.75) is 26.4 Å². The van der Waals surface area contributed by atoms with E-state index in [1.807, 2.05) is 13.8 Å². The highest BCUT2D eigenvalue weighted by molar-refractivity contribution is 5.98. The van der Waals surface area contributed by atoms with Gasteiger partial charge in [-0.25, -0.2) is 0 Å². The summed E-state index contributed by atoms with van der Waals surface area (Å²) in [5.41, 5.74) is 4.81. The lowest BCUT2D eigenvalue weighted by atomic mass is 9.89. The van der Waals surface area contributed by atoms with Gasteiger partial charge in [-0.15, -0.1) is 0 Å². The number of rotatable bonds is 5. The lowest BCUT2D eigenvalue weighted by Crippen LogP contribution is -2.25. The molecule has 0 aliphatic carbocycles. The summed E-state index contributed by atoms with van der Waals surface area (Å²) in [5, 5.41) is 0. The Morgan fingerprint density at radius 1 is 1.32 bits per heavy atom. The monoisotopic (exact) mass is 273 g/mol. The highest BCUT2D eigenvalue weighted by Crippen LogP contribution is 2.30. The second kappa shape index (κ2) is 6.19. The van der Waals surface area contributed by atoms with Crippen molar-refractivity contribution in [2.24, 2.45) is 17.6 Å². The van der Waals surface area contributed by atoms with E-state index in [2.05, 4.69) is 0 Å². The number of hydrogen-bond donors (Lipinski definition) is 1. The molecule has 0 saturated heterocycles. The second-order valence-electron chi connectivity index (χ2n) is 5.00. The average Bonchev–Trinajstić information content (AvgIpc) is 2.34. The maximum Gasteiger partial charge on any atom is 0.416 e. The first-order chi connectivity index (χ1) is 8.75. The quantitative estimate of drug-likeness (QED) is 0.834.